The second kappa shape index (κ2) is 4.58. The summed E-state index contributed by atoms with van der Waals surface area (Å²) in [5.74, 6) is 1.86. The SMILES string of the molecule is CCc1nnc(CSc2nnc(N)s2)o1. The molecule has 2 rings (SSSR count). The van der Waals surface area contributed by atoms with Gasteiger partial charge in [-0.2, -0.15) is 0 Å². The number of rotatable bonds is 4. The minimum atomic E-state index is 0.470. The van der Waals surface area contributed by atoms with E-state index in [0.29, 0.717) is 22.7 Å². The summed E-state index contributed by atoms with van der Waals surface area (Å²) in [5.41, 5.74) is 5.45. The van der Waals surface area contributed by atoms with Crippen LogP contribution in [0, 0.1) is 0 Å². The van der Waals surface area contributed by atoms with E-state index < -0.39 is 0 Å². The van der Waals surface area contributed by atoms with Gasteiger partial charge in [-0.05, 0) is 0 Å². The molecule has 0 aliphatic carbocycles. The van der Waals surface area contributed by atoms with E-state index in [1.54, 1.807) is 0 Å². The van der Waals surface area contributed by atoms with Gasteiger partial charge in [0.05, 0.1) is 5.75 Å². The third-order valence-corrected chi connectivity index (χ3v) is 3.42. The smallest absolute Gasteiger partial charge is 0.226 e. The van der Waals surface area contributed by atoms with Crippen LogP contribution in [-0.4, -0.2) is 20.4 Å². The summed E-state index contributed by atoms with van der Waals surface area (Å²) in [7, 11) is 0. The molecule has 2 N–H and O–H groups in total. The van der Waals surface area contributed by atoms with Gasteiger partial charge in [0.25, 0.3) is 0 Å². The van der Waals surface area contributed by atoms with Gasteiger partial charge in [-0.25, -0.2) is 0 Å². The monoisotopic (exact) mass is 243 g/mol. The summed E-state index contributed by atoms with van der Waals surface area (Å²) in [4.78, 5) is 0. The summed E-state index contributed by atoms with van der Waals surface area (Å²) in [6.07, 6.45) is 0.753. The van der Waals surface area contributed by atoms with Crippen LogP contribution in [0.2, 0.25) is 0 Å². The number of aromatic nitrogens is 4. The largest absolute Gasteiger partial charge is 0.424 e. The van der Waals surface area contributed by atoms with Crippen LogP contribution in [-0.2, 0) is 12.2 Å². The van der Waals surface area contributed by atoms with Gasteiger partial charge in [0.1, 0.15) is 0 Å². The normalized spacial score (nSPS) is 10.7. The van der Waals surface area contributed by atoms with Crippen LogP contribution in [0.25, 0.3) is 0 Å². The highest BCUT2D eigenvalue weighted by atomic mass is 32.2. The Morgan fingerprint density at radius 1 is 1.27 bits per heavy atom. The third-order valence-electron chi connectivity index (χ3n) is 1.55. The molecule has 8 heteroatoms. The van der Waals surface area contributed by atoms with Crippen LogP contribution in [0.5, 0.6) is 0 Å². The highest BCUT2D eigenvalue weighted by molar-refractivity contribution is 8.00. The van der Waals surface area contributed by atoms with Gasteiger partial charge >= 0.3 is 0 Å². The molecule has 0 aliphatic rings. The van der Waals surface area contributed by atoms with Crippen molar-refractivity contribution in [1.29, 1.82) is 0 Å². The molecular formula is C7H9N5OS2. The molecule has 0 aliphatic heterocycles. The molecule has 0 saturated carbocycles. The van der Waals surface area contributed by atoms with E-state index in [-0.39, 0.29) is 0 Å². The van der Waals surface area contributed by atoms with Gasteiger partial charge in [-0.3, -0.25) is 0 Å². The van der Waals surface area contributed by atoms with Gasteiger partial charge in [0.15, 0.2) is 4.34 Å². The Morgan fingerprint density at radius 2 is 2.07 bits per heavy atom. The predicted molar refractivity (Wildman–Crippen MR) is 57.6 cm³/mol. The lowest BCUT2D eigenvalue weighted by Crippen LogP contribution is -1.80. The molecule has 0 amide bonds. The second-order valence-corrected chi connectivity index (χ2v) is 4.87. The van der Waals surface area contributed by atoms with Crippen molar-refractivity contribution in [1.82, 2.24) is 20.4 Å². The number of anilines is 1. The first-order valence-electron chi connectivity index (χ1n) is 4.31. The number of hydrogen-bond acceptors (Lipinski definition) is 8. The van der Waals surface area contributed by atoms with Gasteiger partial charge in [0, 0.05) is 6.42 Å². The Balaban J connectivity index is 1.93. The number of nitrogens with two attached hydrogens (primary N) is 1. The molecule has 0 bridgehead atoms. The first kappa shape index (κ1) is 10.4. The maximum absolute atomic E-state index is 5.45. The Morgan fingerprint density at radius 3 is 2.67 bits per heavy atom. The molecule has 2 aromatic rings. The van der Waals surface area contributed by atoms with Gasteiger partial charge in [-0.15, -0.1) is 20.4 Å². The Hall–Kier alpha value is -1.15. The lowest BCUT2D eigenvalue weighted by molar-refractivity contribution is 0.470. The minimum Gasteiger partial charge on any atom is -0.424 e. The molecule has 0 radical (unpaired) electrons. The molecule has 0 fully saturated rings. The molecule has 0 spiro atoms. The van der Waals surface area contributed by atoms with Crippen molar-refractivity contribution in [2.24, 2.45) is 0 Å². The van der Waals surface area contributed by atoms with Crippen LogP contribution >= 0.6 is 23.1 Å². The molecule has 2 heterocycles. The first-order chi connectivity index (χ1) is 7.28. The average molecular weight is 243 g/mol. The van der Waals surface area contributed by atoms with Gasteiger partial charge < -0.3 is 10.2 Å². The molecule has 0 aromatic carbocycles. The number of thioether (sulfide) groups is 1. The quantitative estimate of drug-likeness (QED) is 0.810. The minimum absolute atomic E-state index is 0.470. The predicted octanol–water partition coefficient (Wildman–Crippen LogP) is 1.36. The number of hydrogen-bond donors (Lipinski definition) is 1. The van der Waals surface area contributed by atoms with Crippen molar-refractivity contribution in [2.75, 3.05) is 5.73 Å². The zero-order chi connectivity index (χ0) is 10.7. The highest BCUT2D eigenvalue weighted by Crippen LogP contribution is 2.26. The van der Waals surface area contributed by atoms with Crippen LogP contribution in [0.1, 0.15) is 18.7 Å². The van der Waals surface area contributed by atoms with Crippen molar-refractivity contribution in [3.63, 3.8) is 0 Å². The summed E-state index contributed by atoms with van der Waals surface area (Å²) >= 11 is 2.84. The van der Waals surface area contributed by atoms with E-state index in [4.69, 9.17) is 10.2 Å². The molecule has 0 unspecified atom stereocenters. The zero-order valence-corrected chi connectivity index (χ0v) is 9.64. The standard InChI is InChI=1S/C7H9N5OS2/c1-2-4-9-10-5(13-4)3-14-7-12-11-6(8)15-7/h2-3H2,1H3,(H2,8,11). The fraction of sp³-hybridized carbons (Fsp3) is 0.429. The summed E-state index contributed by atoms with van der Waals surface area (Å²) < 4.78 is 6.15. The van der Waals surface area contributed by atoms with Crippen molar-refractivity contribution in [3.05, 3.63) is 11.8 Å². The number of aryl methyl sites for hydroxylation is 1. The maximum Gasteiger partial charge on any atom is 0.226 e. The molecule has 80 valence electrons. The summed E-state index contributed by atoms with van der Waals surface area (Å²) in [5, 5.41) is 15.8. The number of nitrogen functional groups attached to an aromatic ring is 1. The Bertz CT molecular complexity index is 440. The van der Waals surface area contributed by atoms with Crippen molar-refractivity contribution >= 4 is 28.2 Å². The fourth-order valence-corrected chi connectivity index (χ4v) is 2.36. The maximum atomic E-state index is 5.45. The topological polar surface area (TPSA) is 90.7 Å². The van der Waals surface area contributed by atoms with Crippen LogP contribution < -0.4 is 5.73 Å². The van der Waals surface area contributed by atoms with Crippen LogP contribution in [0.4, 0.5) is 5.13 Å². The van der Waals surface area contributed by atoms with Gasteiger partial charge in [0.2, 0.25) is 16.9 Å². The molecule has 6 nitrogen and oxygen atoms in total. The summed E-state index contributed by atoms with van der Waals surface area (Å²) in [6, 6.07) is 0. The molecule has 0 atom stereocenters. The van der Waals surface area contributed by atoms with Gasteiger partial charge in [-0.1, -0.05) is 30.0 Å². The van der Waals surface area contributed by atoms with Crippen LogP contribution in [0.15, 0.2) is 8.76 Å². The fourth-order valence-electron chi connectivity index (χ4n) is 0.892. The molecule has 0 saturated heterocycles. The molecular weight excluding hydrogens is 234 g/mol. The lowest BCUT2D eigenvalue weighted by atomic mass is 10.5. The van der Waals surface area contributed by atoms with E-state index >= 15 is 0 Å². The highest BCUT2D eigenvalue weighted by Gasteiger charge is 2.07. The number of nitrogens with zero attached hydrogens (tertiary/aromatic N) is 4. The van der Waals surface area contributed by atoms with Crippen molar-refractivity contribution < 1.29 is 4.42 Å². The Kier molecular flexibility index (Phi) is 3.17. The van der Waals surface area contributed by atoms with E-state index in [2.05, 4.69) is 20.4 Å². The third kappa shape index (κ3) is 2.66. The second-order valence-electron chi connectivity index (χ2n) is 2.64. The Labute approximate surface area is 94.3 Å². The van der Waals surface area contributed by atoms with Crippen molar-refractivity contribution in [3.8, 4) is 0 Å². The van der Waals surface area contributed by atoms with E-state index in [9.17, 15) is 0 Å². The van der Waals surface area contributed by atoms with E-state index in [0.717, 1.165) is 10.8 Å². The average Bonchev–Trinajstić information content (AvgIpc) is 2.83. The zero-order valence-electron chi connectivity index (χ0n) is 8.01. The molecule has 2 aromatic heterocycles. The molecule has 15 heavy (non-hydrogen) atoms. The van der Waals surface area contributed by atoms with E-state index in [1.165, 1.54) is 23.1 Å². The van der Waals surface area contributed by atoms with E-state index in [1.807, 2.05) is 6.92 Å². The van der Waals surface area contributed by atoms with Crippen LogP contribution in [0.3, 0.4) is 0 Å². The summed E-state index contributed by atoms with van der Waals surface area (Å²) in [6.45, 7) is 1.97. The first-order valence-corrected chi connectivity index (χ1v) is 6.11. The lowest BCUT2D eigenvalue weighted by Gasteiger charge is -1.89. The van der Waals surface area contributed by atoms with Crippen molar-refractivity contribution in [2.45, 2.75) is 23.4 Å².